The van der Waals surface area contributed by atoms with Crippen molar-refractivity contribution < 1.29 is 10.0 Å². The molecule has 0 saturated carbocycles. The summed E-state index contributed by atoms with van der Waals surface area (Å²) >= 11 is 0. The Morgan fingerprint density at radius 2 is 2.56 bits per heavy atom. The molecule has 0 unspecified atom stereocenters. The van der Waals surface area contributed by atoms with Crippen molar-refractivity contribution in [1.82, 2.24) is 15.7 Å². The standard InChI is InChI=1S/C4H9N3O2/c8-4(6-9)7-2-1-5-3-7/h5,9H,1-3H2,(H,6,8). The van der Waals surface area contributed by atoms with E-state index in [1.807, 2.05) is 0 Å². The Morgan fingerprint density at radius 3 is 3.00 bits per heavy atom. The van der Waals surface area contributed by atoms with Gasteiger partial charge in [-0.05, 0) is 0 Å². The van der Waals surface area contributed by atoms with Gasteiger partial charge in [0.15, 0.2) is 0 Å². The summed E-state index contributed by atoms with van der Waals surface area (Å²) in [5.41, 5.74) is 1.55. The molecule has 2 amide bonds. The molecular formula is C4H9N3O2. The number of nitrogens with zero attached hydrogens (tertiary/aromatic N) is 1. The van der Waals surface area contributed by atoms with Crippen molar-refractivity contribution in [2.24, 2.45) is 0 Å². The predicted octanol–water partition coefficient (Wildman–Crippen LogP) is -1.05. The molecule has 0 spiro atoms. The van der Waals surface area contributed by atoms with Gasteiger partial charge in [0.1, 0.15) is 0 Å². The number of hydrogen-bond donors (Lipinski definition) is 3. The van der Waals surface area contributed by atoms with Gasteiger partial charge in [-0.1, -0.05) is 0 Å². The monoisotopic (exact) mass is 131 g/mol. The number of carbonyl (C=O) groups excluding carboxylic acids is 1. The van der Waals surface area contributed by atoms with Crippen LogP contribution >= 0.6 is 0 Å². The van der Waals surface area contributed by atoms with Gasteiger partial charge in [0.2, 0.25) is 0 Å². The van der Waals surface area contributed by atoms with Crippen molar-refractivity contribution in [3.63, 3.8) is 0 Å². The lowest BCUT2D eigenvalue weighted by Gasteiger charge is -2.11. The number of amides is 2. The third-order valence-electron chi connectivity index (χ3n) is 1.24. The van der Waals surface area contributed by atoms with Gasteiger partial charge >= 0.3 is 6.03 Å². The van der Waals surface area contributed by atoms with Gasteiger partial charge in [-0.25, -0.2) is 10.3 Å². The third kappa shape index (κ3) is 1.30. The zero-order valence-corrected chi connectivity index (χ0v) is 4.92. The van der Waals surface area contributed by atoms with E-state index in [0.29, 0.717) is 13.2 Å². The molecule has 52 valence electrons. The Hall–Kier alpha value is -0.810. The Kier molecular flexibility index (Phi) is 1.86. The van der Waals surface area contributed by atoms with Gasteiger partial charge < -0.3 is 4.90 Å². The fourth-order valence-corrected chi connectivity index (χ4v) is 0.751. The molecule has 3 N–H and O–H groups in total. The Balaban J connectivity index is 2.32. The maximum Gasteiger partial charge on any atom is 0.342 e. The first kappa shape index (κ1) is 6.31. The maximum absolute atomic E-state index is 10.5. The van der Waals surface area contributed by atoms with Crippen LogP contribution in [0.25, 0.3) is 0 Å². The van der Waals surface area contributed by atoms with Crippen molar-refractivity contribution in [3.8, 4) is 0 Å². The zero-order valence-electron chi connectivity index (χ0n) is 4.92. The zero-order chi connectivity index (χ0) is 6.69. The minimum atomic E-state index is -0.444. The smallest absolute Gasteiger partial charge is 0.309 e. The summed E-state index contributed by atoms with van der Waals surface area (Å²) in [7, 11) is 0. The van der Waals surface area contributed by atoms with E-state index in [0.717, 1.165) is 6.54 Å². The second-order valence-corrected chi connectivity index (χ2v) is 1.84. The van der Waals surface area contributed by atoms with Gasteiger partial charge in [0.25, 0.3) is 0 Å². The van der Waals surface area contributed by atoms with Crippen LogP contribution in [0.15, 0.2) is 0 Å². The lowest BCUT2D eigenvalue weighted by Crippen LogP contribution is -2.37. The van der Waals surface area contributed by atoms with Crippen molar-refractivity contribution in [3.05, 3.63) is 0 Å². The van der Waals surface area contributed by atoms with E-state index in [-0.39, 0.29) is 0 Å². The van der Waals surface area contributed by atoms with Crippen LogP contribution in [0.4, 0.5) is 4.79 Å². The van der Waals surface area contributed by atoms with Gasteiger partial charge in [0, 0.05) is 13.1 Å². The fraction of sp³-hybridized carbons (Fsp3) is 0.750. The fourth-order valence-electron chi connectivity index (χ4n) is 0.751. The molecule has 1 aliphatic rings. The van der Waals surface area contributed by atoms with E-state index in [9.17, 15) is 4.79 Å². The number of urea groups is 1. The van der Waals surface area contributed by atoms with Crippen LogP contribution < -0.4 is 10.8 Å². The predicted molar refractivity (Wildman–Crippen MR) is 29.9 cm³/mol. The van der Waals surface area contributed by atoms with Crippen LogP contribution in [0.2, 0.25) is 0 Å². The Labute approximate surface area is 52.6 Å². The molecule has 9 heavy (non-hydrogen) atoms. The minimum absolute atomic E-state index is 0.444. The van der Waals surface area contributed by atoms with E-state index >= 15 is 0 Å². The largest absolute Gasteiger partial charge is 0.342 e. The molecule has 5 heteroatoms. The van der Waals surface area contributed by atoms with Gasteiger partial charge in [0.05, 0.1) is 6.67 Å². The number of nitrogens with one attached hydrogen (secondary N) is 2. The van der Waals surface area contributed by atoms with Crippen LogP contribution in [-0.4, -0.2) is 35.9 Å². The van der Waals surface area contributed by atoms with Crippen LogP contribution in [-0.2, 0) is 0 Å². The summed E-state index contributed by atoms with van der Waals surface area (Å²) in [5, 5.41) is 11.1. The molecule has 0 aromatic carbocycles. The summed E-state index contributed by atoms with van der Waals surface area (Å²) in [6.07, 6.45) is 0. The van der Waals surface area contributed by atoms with E-state index in [1.165, 1.54) is 4.90 Å². The highest BCUT2D eigenvalue weighted by molar-refractivity contribution is 5.72. The van der Waals surface area contributed by atoms with Gasteiger partial charge in [-0.2, -0.15) is 0 Å². The SMILES string of the molecule is O=C(NO)N1CCNC1. The molecule has 0 aromatic rings. The molecule has 0 aliphatic carbocycles. The normalized spacial score (nSPS) is 18.1. The second kappa shape index (κ2) is 2.65. The molecule has 0 aromatic heterocycles. The van der Waals surface area contributed by atoms with Crippen molar-refractivity contribution >= 4 is 6.03 Å². The highest BCUT2D eigenvalue weighted by Gasteiger charge is 2.15. The van der Waals surface area contributed by atoms with Crippen LogP contribution in [0.5, 0.6) is 0 Å². The first-order valence-corrected chi connectivity index (χ1v) is 2.74. The molecule has 1 aliphatic heterocycles. The summed E-state index contributed by atoms with van der Waals surface area (Å²) in [6.45, 7) is 1.98. The van der Waals surface area contributed by atoms with Crippen molar-refractivity contribution in [2.45, 2.75) is 0 Å². The average molecular weight is 131 g/mol. The molecule has 1 heterocycles. The molecule has 1 saturated heterocycles. The number of rotatable bonds is 0. The molecule has 0 radical (unpaired) electrons. The lowest BCUT2D eigenvalue weighted by atomic mass is 10.6. The first-order chi connectivity index (χ1) is 4.34. The topological polar surface area (TPSA) is 64.6 Å². The summed E-state index contributed by atoms with van der Waals surface area (Å²) in [6, 6.07) is -0.444. The van der Waals surface area contributed by atoms with Gasteiger partial charge in [-0.3, -0.25) is 10.5 Å². The van der Waals surface area contributed by atoms with Crippen LogP contribution in [0, 0.1) is 0 Å². The molecule has 5 nitrogen and oxygen atoms in total. The van der Waals surface area contributed by atoms with Crippen LogP contribution in [0.3, 0.4) is 0 Å². The number of carbonyl (C=O) groups is 1. The van der Waals surface area contributed by atoms with Crippen LogP contribution in [0.1, 0.15) is 0 Å². The summed E-state index contributed by atoms with van der Waals surface area (Å²) < 4.78 is 0. The molecule has 0 bridgehead atoms. The molecule has 1 fully saturated rings. The summed E-state index contributed by atoms with van der Waals surface area (Å²) in [4.78, 5) is 12.0. The van der Waals surface area contributed by atoms with E-state index in [1.54, 1.807) is 5.48 Å². The van der Waals surface area contributed by atoms with E-state index < -0.39 is 6.03 Å². The quantitative estimate of drug-likeness (QED) is 0.290. The molecular weight excluding hydrogens is 122 g/mol. The Morgan fingerprint density at radius 1 is 1.78 bits per heavy atom. The Bertz CT molecular complexity index is 110. The second-order valence-electron chi connectivity index (χ2n) is 1.84. The number of hydrogen-bond acceptors (Lipinski definition) is 3. The lowest BCUT2D eigenvalue weighted by molar-refractivity contribution is 0.135. The minimum Gasteiger partial charge on any atom is -0.309 e. The van der Waals surface area contributed by atoms with Gasteiger partial charge in [-0.15, -0.1) is 0 Å². The van der Waals surface area contributed by atoms with Crippen molar-refractivity contribution in [1.29, 1.82) is 0 Å². The highest BCUT2D eigenvalue weighted by Crippen LogP contribution is 1.90. The first-order valence-electron chi connectivity index (χ1n) is 2.74. The molecule has 1 rings (SSSR count). The third-order valence-corrected chi connectivity index (χ3v) is 1.24. The highest BCUT2D eigenvalue weighted by atomic mass is 16.5. The molecule has 0 atom stereocenters. The van der Waals surface area contributed by atoms with Crippen molar-refractivity contribution in [2.75, 3.05) is 19.8 Å². The summed E-state index contributed by atoms with van der Waals surface area (Å²) in [5.74, 6) is 0. The number of hydroxylamine groups is 1. The average Bonchev–Trinajstić information content (AvgIpc) is 2.37. The maximum atomic E-state index is 10.5. The van der Waals surface area contributed by atoms with E-state index in [2.05, 4.69) is 5.32 Å². The van der Waals surface area contributed by atoms with E-state index in [4.69, 9.17) is 5.21 Å².